The lowest BCUT2D eigenvalue weighted by Gasteiger charge is -2.34. The summed E-state index contributed by atoms with van der Waals surface area (Å²) in [5, 5.41) is 0.454. The molecule has 1 aliphatic rings. The average molecular weight is 639 g/mol. The lowest BCUT2D eigenvalue weighted by molar-refractivity contribution is -0.140. The number of hydrogen-bond donors (Lipinski definition) is 0. The number of hydrogen-bond acceptors (Lipinski definition) is 5. The number of aromatic nitrogens is 2. The van der Waals surface area contributed by atoms with Crippen molar-refractivity contribution in [3.63, 3.8) is 0 Å². The number of benzene rings is 3. The van der Waals surface area contributed by atoms with E-state index in [4.69, 9.17) is 9.72 Å². The molecule has 1 aliphatic heterocycles. The molecule has 11 heteroatoms. The summed E-state index contributed by atoms with van der Waals surface area (Å²) in [4.78, 5) is 36.2. The maximum Gasteiger partial charge on any atom is 0.419 e. The van der Waals surface area contributed by atoms with Crippen LogP contribution in [0.1, 0.15) is 49.6 Å². The molecule has 5 rings (SSSR count). The van der Waals surface area contributed by atoms with Crippen molar-refractivity contribution in [2.75, 3.05) is 33.3 Å². The van der Waals surface area contributed by atoms with Gasteiger partial charge in [-0.2, -0.15) is 13.2 Å². The Bertz CT molecular complexity index is 1720. The van der Waals surface area contributed by atoms with Gasteiger partial charge in [-0.1, -0.05) is 24.6 Å². The molecular weight excluding hydrogens is 600 g/mol. The maximum atomic E-state index is 14.3. The van der Waals surface area contributed by atoms with Gasteiger partial charge in [0.2, 0.25) is 5.91 Å². The third-order valence-electron chi connectivity index (χ3n) is 8.64. The van der Waals surface area contributed by atoms with Crippen molar-refractivity contribution in [2.24, 2.45) is 0 Å². The number of nitrogens with zero attached hydrogens (tertiary/aromatic N) is 4. The molecule has 0 spiro atoms. The summed E-state index contributed by atoms with van der Waals surface area (Å²) < 4.78 is 60.5. The highest BCUT2D eigenvalue weighted by atomic mass is 19.4. The molecule has 2 heterocycles. The smallest absolute Gasteiger partial charge is 0.419 e. The van der Waals surface area contributed by atoms with Crippen molar-refractivity contribution in [1.29, 1.82) is 0 Å². The predicted octanol–water partition coefficient (Wildman–Crippen LogP) is 6.43. The van der Waals surface area contributed by atoms with Gasteiger partial charge in [0.05, 0.1) is 35.7 Å². The van der Waals surface area contributed by atoms with Crippen molar-refractivity contribution >= 4 is 16.8 Å². The molecule has 1 aromatic heterocycles. The SMILES string of the molecule is COc1ccc(-n2c(CCN(CCCN3CCCCC3C)C(=O)Cc3ccc(C(F)(F)F)c(F)c3)nc3ccccc3c2=O)cc1. The average Bonchev–Trinajstić information content (AvgIpc) is 3.03. The van der Waals surface area contributed by atoms with Gasteiger partial charge in [-0.15, -0.1) is 0 Å². The number of rotatable bonds is 11. The second-order valence-corrected chi connectivity index (χ2v) is 11.7. The van der Waals surface area contributed by atoms with E-state index in [1.165, 1.54) is 11.0 Å². The Morgan fingerprint density at radius 1 is 1.04 bits per heavy atom. The topological polar surface area (TPSA) is 67.7 Å². The van der Waals surface area contributed by atoms with E-state index in [9.17, 15) is 27.2 Å². The molecule has 0 bridgehead atoms. The highest BCUT2D eigenvalue weighted by molar-refractivity contribution is 5.79. The van der Waals surface area contributed by atoms with Gasteiger partial charge < -0.3 is 14.5 Å². The number of piperidine rings is 1. The van der Waals surface area contributed by atoms with E-state index in [1.807, 2.05) is 0 Å². The van der Waals surface area contributed by atoms with Gasteiger partial charge in [0.1, 0.15) is 17.4 Å². The minimum Gasteiger partial charge on any atom is -0.497 e. The van der Waals surface area contributed by atoms with E-state index < -0.39 is 17.6 Å². The van der Waals surface area contributed by atoms with Crippen LogP contribution in [-0.2, 0) is 23.8 Å². The third-order valence-corrected chi connectivity index (χ3v) is 8.64. The van der Waals surface area contributed by atoms with Gasteiger partial charge in [0.15, 0.2) is 0 Å². The molecule has 46 heavy (non-hydrogen) atoms. The van der Waals surface area contributed by atoms with Crippen molar-refractivity contribution in [2.45, 2.75) is 57.7 Å². The van der Waals surface area contributed by atoms with Crippen LogP contribution < -0.4 is 10.3 Å². The Kier molecular flexibility index (Phi) is 10.4. The van der Waals surface area contributed by atoms with Crippen LogP contribution in [0.2, 0.25) is 0 Å². The van der Waals surface area contributed by atoms with E-state index in [-0.39, 0.29) is 36.4 Å². The highest BCUT2D eigenvalue weighted by Gasteiger charge is 2.34. The quantitative estimate of drug-likeness (QED) is 0.177. The summed E-state index contributed by atoms with van der Waals surface area (Å²) in [6.07, 6.45) is -0.710. The number of alkyl halides is 3. The minimum absolute atomic E-state index is 0.157. The first-order valence-electron chi connectivity index (χ1n) is 15.6. The fraction of sp³-hybridized carbons (Fsp3) is 0.400. The number of likely N-dealkylation sites (tertiary alicyclic amines) is 1. The highest BCUT2D eigenvalue weighted by Crippen LogP contribution is 2.31. The molecule has 3 aromatic carbocycles. The molecule has 1 saturated heterocycles. The second-order valence-electron chi connectivity index (χ2n) is 11.7. The first-order valence-corrected chi connectivity index (χ1v) is 15.6. The number of carbonyl (C=O) groups excluding carboxylic acids is 1. The van der Waals surface area contributed by atoms with Crippen LogP contribution in [0.5, 0.6) is 5.75 Å². The van der Waals surface area contributed by atoms with E-state index >= 15 is 0 Å². The first kappa shape index (κ1) is 33.1. The van der Waals surface area contributed by atoms with E-state index in [0.29, 0.717) is 53.2 Å². The van der Waals surface area contributed by atoms with Crippen LogP contribution in [0.25, 0.3) is 16.6 Å². The fourth-order valence-electron chi connectivity index (χ4n) is 6.08. The molecule has 1 unspecified atom stereocenters. The molecular formula is C35H38F4N4O3. The molecule has 244 valence electrons. The third kappa shape index (κ3) is 7.75. The number of halogens is 4. The zero-order chi connectivity index (χ0) is 32.8. The zero-order valence-corrected chi connectivity index (χ0v) is 26.0. The summed E-state index contributed by atoms with van der Waals surface area (Å²) in [7, 11) is 1.56. The molecule has 0 aliphatic carbocycles. The Morgan fingerprint density at radius 3 is 2.50 bits per heavy atom. The van der Waals surface area contributed by atoms with E-state index in [1.54, 1.807) is 60.5 Å². The minimum atomic E-state index is -4.82. The van der Waals surface area contributed by atoms with Crippen LogP contribution in [0.15, 0.2) is 71.5 Å². The van der Waals surface area contributed by atoms with Crippen molar-refractivity contribution < 1.29 is 27.1 Å². The lowest BCUT2D eigenvalue weighted by Crippen LogP contribution is -2.41. The largest absolute Gasteiger partial charge is 0.497 e. The van der Waals surface area contributed by atoms with Crippen LogP contribution in [-0.4, -0.2) is 64.6 Å². The molecule has 4 aromatic rings. The Labute approximate surface area is 265 Å². The Hall–Kier alpha value is -4.25. The standard InChI is InChI=1S/C35H38F4N4O3/c1-24-8-5-6-18-41(24)19-7-20-42(33(44)23-25-11-16-29(30(36)22-25)35(37,38)39)21-17-32-40-31-10-4-3-9-28(31)34(45)43(32)26-12-14-27(46-2)15-13-26/h3-4,9-16,22,24H,5-8,17-21,23H2,1-2H3. The number of fused-ring (bicyclic) bond motifs is 1. The van der Waals surface area contributed by atoms with E-state index in [0.717, 1.165) is 38.1 Å². The normalized spacial score (nSPS) is 15.7. The van der Waals surface area contributed by atoms with Gasteiger partial charge in [0, 0.05) is 32.1 Å². The Balaban J connectivity index is 1.41. The number of amides is 1. The van der Waals surface area contributed by atoms with Crippen LogP contribution >= 0.6 is 0 Å². The summed E-state index contributed by atoms with van der Waals surface area (Å²) >= 11 is 0. The van der Waals surface area contributed by atoms with Crippen LogP contribution in [0, 0.1) is 5.82 Å². The zero-order valence-electron chi connectivity index (χ0n) is 26.0. The molecule has 1 amide bonds. The molecule has 1 fully saturated rings. The second kappa shape index (κ2) is 14.5. The summed E-state index contributed by atoms with van der Waals surface area (Å²) in [5.74, 6) is -0.666. The Morgan fingerprint density at radius 2 is 1.80 bits per heavy atom. The lowest BCUT2D eigenvalue weighted by atomic mass is 10.0. The van der Waals surface area contributed by atoms with Crippen molar-refractivity contribution in [3.8, 4) is 11.4 Å². The predicted molar refractivity (Wildman–Crippen MR) is 169 cm³/mol. The van der Waals surface area contributed by atoms with Crippen LogP contribution in [0.4, 0.5) is 17.6 Å². The number of para-hydroxylation sites is 1. The molecule has 0 N–H and O–H groups in total. The summed E-state index contributed by atoms with van der Waals surface area (Å²) in [6.45, 7) is 4.59. The fourth-order valence-corrected chi connectivity index (χ4v) is 6.08. The maximum absolute atomic E-state index is 14.3. The van der Waals surface area contributed by atoms with Gasteiger partial charge in [-0.3, -0.25) is 14.2 Å². The van der Waals surface area contributed by atoms with Crippen molar-refractivity contribution in [3.05, 3.63) is 99.9 Å². The van der Waals surface area contributed by atoms with Gasteiger partial charge in [-0.05, 0) is 86.8 Å². The van der Waals surface area contributed by atoms with Gasteiger partial charge in [-0.25, -0.2) is 9.37 Å². The first-order chi connectivity index (χ1) is 22.0. The monoisotopic (exact) mass is 638 g/mol. The number of methoxy groups -OCH3 is 1. The molecule has 7 nitrogen and oxygen atoms in total. The summed E-state index contributed by atoms with van der Waals surface area (Å²) in [5.41, 5.74) is -0.331. The van der Waals surface area contributed by atoms with E-state index in [2.05, 4.69) is 11.8 Å². The number of carbonyl (C=O) groups is 1. The molecule has 0 saturated carbocycles. The van der Waals surface area contributed by atoms with Crippen LogP contribution in [0.3, 0.4) is 0 Å². The number of ether oxygens (including phenoxy) is 1. The van der Waals surface area contributed by atoms with Gasteiger partial charge >= 0.3 is 6.18 Å². The van der Waals surface area contributed by atoms with Crippen molar-refractivity contribution in [1.82, 2.24) is 19.4 Å². The molecule has 1 atom stereocenters. The van der Waals surface area contributed by atoms with Gasteiger partial charge in [0.25, 0.3) is 5.56 Å². The molecule has 0 radical (unpaired) electrons. The summed E-state index contributed by atoms with van der Waals surface area (Å²) in [6, 6.07) is 17.1.